The summed E-state index contributed by atoms with van der Waals surface area (Å²) in [6.07, 6.45) is 0. The number of nitrogens with zero attached hydrogens (tertiary/aromatic N) is 1. The van der Waals surface area contributed by atoms with Crippen molar-refractivity contribution in [3.8, 4) is 11.8 Å². The molecule has 0 spiro atoms. The fourth-order valence-electron chi connectivity index (χ4n) is 0.900. The van der Waals surface area contributed by atoms with Gasteiger partial charge in [-0.2, -0.15) is 5.26 Å². The largest absolute Gasteiger partial charge is 0.481 e. The minimum absolute atomic E-state index is 0.226. The molecule has 0 atom stereocenters. The summed E-state index contributed by atoms with van der Waals surface area (Å²) in [4.78, 5) is 10.2. The molecule has 0 aliphatic rings. The summed E-state index contributed by atoms with van der Waals surface area (Å²) in [6, 6.07) is 6.30. The van der Waals surface area contributed by atoms with Crippen molar-refractivity contribution in [3.63, 3.8) is 0 Å². The first-order valence-corrected chi connectivity index (χ1v) is 3.77. The van der Waals surface area contributed by atoms with E-state index in [9.17, 15) is 4.79 Å². The maximum Gasteiger partial charge on any atom is 0.341 e. The van der Waals surface area contributed by atoms with Gasteiger partial charge in [0.15, 0.2) is 6.61 Å². The molecule has 0 amide bonds. The van der Waals surface area contributed by atoms with Crippen molar-refractivity contribution in [2.45, 2.75) is 0 Å². The zero-order valence-electron chi connectivity index (χ0n) is 7.23. The molecule has 0 fully saturated rings. The second-order valence-electron chi connectivity index (χ2n) is 2.55. The molecule has 0 aliphatic heterocycles. The molecule has 0 radical (unpaired) electrons. The van der Waals surface area contributed by atoms with Crippen molar-refractivity contribution < 1.29 is 14.6 Å². The lowest BCUT2D eigenvalue weighted by atomic mass is 10.2. The van der Waals surface area contributed by atoms with Gasteiger partial charge in [-0.25, -0.2) is 4.79 Å². The zero-order chi connectivity index (χ0) is 10.6. The van der Waals surface area contributed by atoms with Gasteiger partial charge >= 0.3 is 5.97 Å². The highest BCUT2D eigenvalue weighted by molar-refractivity contribution is 5.68. The minimum atomic E-state index is -1.09. The van der Waals surface area contributed by atoms with Crippen molar-refractivity contribution in [2.24, 2.45) is 0 Å². The molecular weight excluding hydrogens is 184 g/mol. The number of nitriles is 1. The van der Waals surface area contributed by atoms with Crippen LogP contribution in [0.25, 0.3) is 0 Å². The van der Waals surface area contributed by atoms with Gasteiger partial charge in [-0.15, -0.1) is 0 Å². The average Bonchev–Trinajstić information content (AvgIpc) is 2.15. The first-order valence-electron chi connectivity index (χ1n) is 3.77. The summed E-state index contributed by atoms with van der Waals surface area (Å²) in [5.74, 6) is -0.866. The Morgan fingerprint density at radius 1 is 1.64 bits per heavy atom. The monoisotopic (exact) mass is 192 g/mol. The van der Waals surface area contributed by atoms with Crippen molar-refractivity contribution in [2.75, 3.05) is 12.3 Å². The van der Waals surface area contributed by atoms with Gasteiger partial charge in [0, 0.05) is 5.69 Å². The van der Waals surface area contributed by atoms with Crippen LogP contribution in [0.1, 0.15) is 5.56 Å². The molecule has 3 N–H and O–H groups in total. The van der Waals surface area contributed by atoms with Crippen LogP contribution < -0.4 is 10.5 Å². The Hall–Kier alpha value is -2.22. The number of hydrogen-bond donors (Lipinski definition) is 2. The normalized spacial score (nSPS) is 9.07. The third kappa shape index (κ3) is 2.38. The quantitative estimate of drug-likeness (QED) is 0.683. The highest BCUT2D eigenvalue weighted by Crippen LogP contribution is 2.20. The van der Waals surface area contributed by atoms with E-state index in [4.69, 9.17) is 20.8 Å². The third-order valence-corrected chi connectivity index (χ3v) is 1.48. The maximum atomic E-state index is 10.2. The topological polar surface area (TPSA) is 96.3 Å². The molecule has 0 aliphatic carbocycles. The van der Waals surface area contributed by atoms with Crippen LogP contribution in [0.2, 0.25) is 0 Å². The van der Waals surface area contributed by atoms with E-state index in [1.54, 1.807) is 0 Å². The van der Waals surface area contributed by atoms with Gasteiger partial charge in [0.05, 0.1) is 5.56 Å². The van der Waals surface area contributed by atoms with Gasteiger partial charge in [-0.3, -0.25) is 0 Å². The molecule has 14 heavy (non-hydrogen) atoms. The van der Waals surface area contributed by atoms with Crippen LogP contribution in [-0.2, 0) is 4.79 Å². The Balaban J connectivity index is 2.87. The van der Waals surface area contributed by atoms with E-state index < -0.39 is 12.6 Å². The number of carboxylic acid groups (broad SMARTS) is 1. The molecule has 1 rings (SSSR count). The van der Waals surface area contributed by atoms with Crippen LogP contribution in [0.15, 0.2) is 18.2 Å². The standard InChI is InChI=1S/C9H8N2O3/c10-4-6-3-7(11)1-2-8(6)14-5-9(12)13/h1-3H,5,11H2,(H,12,13). The summed E-state index contributed by atoms with van der Waals surface area (Å²) in [5, 5.41) is 17.0. The number of nitrogens with two attached hydrogens (primary N) is 1. The molecule has 0 saturated carbocycles. The highest BCUT2D eigenvalue weighted by Gasteiger charge is 2.05. The van der Waals surface area contributed by atoms with E-state index in [0.717, 1.165) is 0 Å². The van der Waals surface area contributed by atoms with Gasteiger partial charge in [0.2, 0.25) is 0 Å². The average molecular weight is 192 g/mol. The van der Waals surface area contributed by atoms with Gasteiger partial charge in [0.25, 0.3) is 0 Å². The van der Waals surface area contributed by atoms with Gasteiger partial charge < -0.3 is 15.6 Å². The Bertz CT molecular complexity index is 396. The summed E-state index contributed by atoms with van der Waals surface area (Å²) in [7, 11) is 0. The predicted octanol–water partition coefficient (Wildman–Crippen LogP) is 0.604. The Morgan fingerprint density at radius 3 is 2.93 bits per heavy atom. The SMILES string of the molecule is N#Cc1cc(N)ccc1OCC(=O)O. The lowest BCUT2D eigenvalue weighted by Gasteiger charge is -2.05. The van der Waals surface area contributed by atoms with E-state index in [-0.39, 0.29) is 11.3 Å². The van der Waals surface area contributed by atoms with Crippen LogP contribution >= 0.6 is 0 Å². The number of rotatable bonds is 3. The number of ether oxygens (including phenoxy) is 1. The maximum absolute atomic E-state index is 10.2. The second kappa shape index (κ2) is 4.14. The van der Waals surface area contributed by atoms with E-state index >= 15 is 0 Å². The number of aliphatic carboxylic acids is 1. The fourth-order valence-corrected chi connectivity index (χ4v) is 0.900. The summed E-state index contributed by atoms with van der Waals surface area (Å²) < 4.78 is 4.87. The number of hydrogen-bond acceptors (Lipinski definition) is 4. The van der Waals surface area contributed by atoms with Crippen LogP contribution in [0, 0.1) is 11.3 Å². The van der Waals surface area contributed by atoms with Crippen molar-refractivity contribution in [3.05, 3.63) is 23.8 Å². The van der Waals surface area contributed by atoms with Crippen LogP contribution in [0.5, 0.6) is 5.75 Å². The molecule has 0 bridgehead atoms. The number of carboxylic acids is 1. The van der Waals surface area contributed by atoms with E-state index in [0.29, 0.717) is 5.69 Å². The Labute approximate surface area is 80.3 Å². The molecule has 0 saturated heterocycles. The molecular formula is C9H8N2O3. The highest BCUT2D eigenvalue weighted by atomic mass is 16.5. The lowest BCUT2D eigenvalue weighted by molar-refractivity contribution is -0.139. The molecule has 72 valence electrons. The number of carbonyl (C=O) groups is 1. The second-order valence-corrected chi connectivity index (χ2v) is 2.55. The summed E-state index contributed by atoms with van der Waals surface area (Å²) in [6.45, 7) is -0.474. The van der Waals surface area contributed by atoms with E-state index in [1.807, 2.05) is 6.07 Å². The zero-order valence-corrected chi connectivity index (χ0v) is 7.23. The van der Waals surface area contributed by atoms with E-state index in [1.165, 1.54) is 18.2 Å². The Kier molecular flexibility index (Phi) is 2.92. The molecule has 0 unspecified atom stereocenters. The Morgan fingerprint density at radius 2 is 2.36 bits per heavy atom. The van der Waals surface area contributed by atoms with Crippen LogP contribution in [0.3, 0.4) is 0 Å². The summed E-state index contributed by atoms with van der Waals surface area (Å²) >= 11 is 0. The van der Waals surface area contributed by atoms with Gasteiger partial charge in [-0.05, 0) is 18.2 Å². The van der Waals surface area contributed by atoms with Crippen LogP contribution in [-0.4, -0.2) is 17.7 Å². The molecule has 0 aromatic heterocycles. The van der Waals surface area contributed by atoms with Gasteiger partial charge in [-0.1, -0.05) is 0 Å². The number of nitrogen functional groups attached to an aromatic ring is 1. The summed E-state index contributed by atoms with van der Waals surface area (Å²) in [5.41, 5.74) is 6.10. The van der Waals surface area contributed by atoms with Gasteiger partial charge in [0.1, 0.15) is 11.8 Å². The van der Waals surface area contributed by atoms with Crippen molar-refractivity contribution in [1.29, 1.82) is 5.26 Å². The third-order valence-electron chi connectivity index (χ3n) is 1.48. The molecule has 1 aromatic rings. The first-order chi connectivity index (χ1) is 6.63. The first kappa shape index (κ1) is 9.86. The molecule has 5 heteroatoms. The van der Waals surface area contributed by atoms with E-state index in [2.05, 4.69) is 0 Å². The smallest absolute Gasteiger partial charge is 0.341 e. The predicted molar refractivity (Wildman–Crippen MR) is 48.7 cm³/mol. The number of benzene rings is 1. The molecule has 5 nitrogen and oxygen atoms in total. The molecule has 0 heterocycles. The van der Waals surface area contributed by atoms with Crippen molar-refractivity contribution >= 4 is 11.7 Å². The lowest BCUT2D eigenvalue weighted by Crippen LogP contribution is -2.10. The fraction of sp³-hybridized carbons (Fsp3) is 0.111. The minimum Gasteiger partial charge on any atom is -0.481 e. The number of anilines is 1. The van der Waals surface area contributed by atoms with Crippen LogP contribution in [0.4, 0.5) is 5.69 Å². The van der Waals surface area contributed by atoms with Crippen molar-refractivity contribution in [1.82, 2.24) is 0 Å². The molecule has 1 aromatic carbocycles.